The average Bonchev–Trinajstić information content (AvgIpc) is 3.52. The SMILES string of the molecule is Cn1cccc1CN(C(=O)CN(C1CCCCC1)S(=O)(=O)c1ccc(F)cc1)C1CC1. The van der Waals surface area contributed by atoms with E-state index in [2.05, 4.69) is 0 Å². The van der Waals surface area contributed by atoms with Gasteiger partial charge in [0.05, 0.1) is 18.0 Å². The maximum Gasteiger partial charge on any atom is 0.243 e. The Hall–Kier alpha value is -2.19. The van der Waals surface area contributed by atoms with E-state index in [0.29, 0.717) is 6.54 Å². The van der Waals surface area contributed by atoms with Gasteiger partial charge >= 0.3 is 0 Å². The van der Waals surface area contributed by atoms with E-state index in [1.807, 2.05) is 34.8 Å². The molecule has 0 radical (unpaired) electrons. The van der Waals surface area contributed by atoms with Gasteiger partial charge in [-0.2, -0.15) is 4.31 Å². The lowest BCUT2D eigenvalue weighted by atomic mass is 9.95. The Morgan fingerprint density at radius 2 is 1.71 bits per heavy atom. The van der Waals surface area contributed by atoms with Crippen LogP contribution in [0.5, 0.6) is 0 Å². The lowest BCUT2D eigenvalue weighted by Gasteiger charge is -2.34. The molecule has 2 aliphatic rings. The largest absolute Gasteiger partial charge is 0.353 e. The van der Waals surface area contributed by atoms with Crippen molar-refractivity contribution in [2.45, 2.75) is 68.5 Å². The van der Waals surface area contributed by atoms with Gasteiger partial charge in [0.2, 0.25) is 15.9 Å². The molecule has 0 atom stereocenters. The van der Waals surface area contributed by atoms with Crippen molar-refractivity contribution < 1.29 is 17.6 Å². The van der Waals surface area contributed by atoms with Crippen molar-refractivity contribution in [2.75, 3.05) is 6.54 Å². The van der Waals surface area contributed by atoms with Gasteiger partial charge in [0.1, 0.15) is 5.82 Å². The van der Waals surface area contributed by atoms with Crippen LogP contribution in [0, 0.1) is 5.82 Å². The van der Waals surface area contributed by atoms with Crippen molar-refractivity contribution >= 4 is 15.9 Å². The summed E-state index contributed by atoms with van der Waals surface area (Å²) in [6.07, 6.45) is 8.31. The van der Waals surface area contributed by atoms with Gasteiger partial charge in [0, 0.05) is 31.0 Å². The third-order valence-electron chi connectivity index (χ3n) is 6.38. The molecule has 2 fully saturated rings. The van der Waals surface area contributed by atoms with E-state index in [-0.39, 0.29) is 29.4 Å². The third kappa shape index (κ3) is 5.01. The summed E-state index contributed by atoms with van der Waals surface area (Å²) in [5.74, 6) is -0.651. The van der Waals surface area contributed by atoms with E-state index < -0.39 is 15.8 Å². The summed E-state index contributed by atoms with van der Waals surface area (Å²) < 4.78 is 43.7. The van der Waals surface area contributed by atoms with E-state index in [1.165, 1.54) is 16.4 Å². The number of nitrogens with zero attached hydrogens (tertiary/aromatic N) is 3. The highest BCUT2D eigenvalue weighted by Gasteiger charge is 2.38. The average molecular weight is 448 g/mol. The molecule has 1 amide bonds. The minimum atomic E-state index is -3.91. The number of rotatable bonds is 8. The molecule has 1 heterocycles. The van der Waals surface area contributed by atoms with Crippen LogP contribution < -0.4 is 0 Å². The summed E-state index contributed by atoms with van der Waals surface area (Å²) in [5, 5.41) is 0. The Labute approximate surface area is 183 Å². The number of aromatic nitrogens is 1. The first-order chi connectivity index (χ1) is 14.9. The highest BCUT2D eigenvalue weighted by Crippen LogP contribution is 2.31. The van der Waals surface area contributed by atoms with Crippen LogP contribution in [0.25, 0.3) is 0 Å². The number of hydrogen-bond donors (Lipinski definition) is 0. The maximum atomic E-state index is 13.5. The minimum Gasteiger partial charge on any atom is -0.353 e. The molecule has 0 saturated heterocycles. The topological polar surface area (TPSA) is 62.6 Å². The summed E-state index contributed by atoms with van der Waals surface area (Å²) in [6.45, 7) is 0.299. The van der Waals surface area contributed by atoms with E-state index in [0.717, 1.165) is 62.8 Å². The van der Waals surface area contributed by atoms with Crippen LogP contribution in [0.3, 0.4) is 0 Å². The quantitative estimate of drug-likeness (QED) is 0.620. The van der Waals surface area contributed by atoms with Crippen LogP contribution in [-0.4, -0.2) is 46.7 Å². The third-order valence-corrected chi connectivity index (χ3v) is 8.30. The van der Waals surface area contributed by atoms with Gasteiger partial charge in [-0.15, -0.1) is 0 Å². The second kappa shape index (κ2) is 9.12. The summed E-state index contributed by atoms with van der Waals surface area (Å²) in [5.41, 5.74) is 1.02. The van der Waals surface area contributed by atoms with E-state index in [4.69, 9.17) is 0 Å². The van der Waals surface area contributed by atoms with E-state index in [9.17, 15) is 17.6 Å². The van der Waals surface area contributed by atoms with Gasteiger partial charge in [-0.25, -0.2) is 12.8 Å². The van der Waals surface area contributed by atoms with Crippen LogP contribution in [0.4, 0.5) is 4.39 Å². The first-order valence-electron chi connectivity index (χ1n) is 11.0. The standard InChI is InChI=1S/C23H30FN3O3S/c1-25-15-5-8-21(25)16-26(19-11-12-19)23(28)17-27(20-6-3-2-4-7-20)31(29,30)22-13-9-18(24)10-14-22/h5,8-10,13-15,19-20H,2-4,6-7,11-12,16-17H2,1H3. The zero-order valence-corrected chi connectivity index (χ0v) is 18.7. The molecule has 2 aromatic rings. The number of halogens is 1. The summed E-state index contributed by atoms with van der Waals surface area (Å²) in [7, 11) is -1.96. The van der Waals surface area contributed by atoms with Gasteiger partial charge in [-0.05, 0) is 62.1 Å². The van der Waals surface area contributed by atoms with Crippen LogP contribution in [-0.2, 0) is 28.4 Å². The Bertz CT molecular complexity index is 1010. The molecule has 0 aliphatic heterocycles. The van der Waals surface area contributed by atoms with Gasteiger partial charge in [0.25, 0.3) is 0 Å². The van der Waals surface area contributed by atoms with E-state index in [1.54, 1.807) is 0 Å². The lowest BCUT2D eigenvalue weighted by molar-refractivity contribution is -0.133. The zero-order chi connectivity index (χ0) is 22.0. The second-order valence-corrected chi connectivity index (χ2v) is 10.5. The molecule has 31 heavy (non-hydrogen) atoms. The molecule has 4 rings (SSSR count). The lowest BCUT2D eigenvalue weighted by Crippen LogP contribution is -2.48. The second-order valence-electron chi connectivity index (χ2n) is 8.66. The van der Waals surface area contributed by atoms with Crippen LogP contribution >= 0.6 is 0 Å². The molecular formula is C23H30FN3O3S. The smallest absolute Gasteiger partial charge is 0.243 e. The van der Waals surface area contributed by atoms with Gasteiger partial charge in [-0.1, -0.05) is 19.3 Å². The van der Waals surface area contributed by atoms with E-state index >= 15 is 0 Å². The minimum absolute atomic E-state index is 0.0349. The Morgan fingerprint density at radius 1 is 1.03 bits per heavy atom. The predicted octanol–water partition coefficient (Wildman–Crippen LogP) is 3.68. The Balaban J connectivity index is 1.59. The molecule has 0 N–H and O–H groups in total. The number of carbonyl (C=O) groups excluding carboxylic acids is 1. The first kappa shape index (κ1) is 22.0. The molecule has 6 nitrogen and oxygen atoms in total. The molecule has 1 aromatic heterocycles. The van der Waals surface area contributed by atoms with Gasteiger partial charge < -0.3 is 9.47 Å². The molecule has 0 unspecified atom stereocenters. The molecule has 8 heteroatoms. The number of amides is 1. The molecule has 2 saturated carbocycles. The molecule has 0 bridgehead atoms. The molecule has 2 aliphatic carbocycles. The van der Waals surface area contributed by atoms with Crippen LogP contribution in [0.1, 0.15) is 50.6 Å². The highest BCUT2D eigenvalue weighted by molar-refractivity contribution is 7.89. The normalized spacial score (nSPS) is 17.8. The summed E-state index contributed by atoms with van der Waals surface area (Å²) in [4.78, 5) is 15.3. The Kier molecular flexibility index (Phi) is 6.48. The number of benzene rings is 1. The molecular weight excluding hydrogens is 417 g/mol. The summed E-state index contributed by atoms with van der Waals surface area (Å²) in [6, 6.07) is 8.77. The fraction of sp³-hybridized carbons (Fsp3) is 0.522. The van der Waals surface area contributed by atoms with Crippen LogP contribution in [0.15, 0.2) is 47.5 Å². The number of carbonyl (C=O) groups is 1. The zero-order valence-electron chi connectivity index (χ0n) is 17.9. The predicted molar refractivity (Wildman–Crippen MR) is 116 cm³/mol. The van der Waals surface area contributed by atoms with Crippen molar-refractivity contribution in [1.82, 2.24) is 13.8 Å². The number of aryl methyl sites for hydroxylation is 1. The fourth-order valence-corrected chi connectivity index (χ4v) is 6.02. The summed E-state index contributed by atoms with van der Waals surface area (Å²) >= 11 is 0. The van der Waals surface area contributed by atoms with Crippen molar-refractivity contribution in [3.05, 3.63) is 54.1 Å². The maximum absolute atomic E-state index is 13.5. The number of hydrogen-bond acceptors (Lipinski definition) is 3. The van der Waals surface area contributed by atoms with Gasteiger partial charge in [0.15, 0.2) is 0 Å². The Morgan fingerprint density at radius 3 is 2.29 bits per heavy atom. The molecule has 0 spiro atoms. The van der Waals surface area contributed by atoms with Crippen molar-refractivity contribution in [1.29, 1.82) is 0 Å². The molecule has 1 aromatic carbocycles. The van der Waals surface area contributed by atoms with Crippen molar-refractivity contribution in [3.8, 4) is 0 Å². The monoisotopic (exact) mass is 447 g/mol. The van der Waals surface area contributed by atoms with Gasteiger partial charge in [-0.3, -0.25) is 4.79 Å². The fourth-order valence-electron chi connectivity index (χ4n) is 4.39. The van der Waals surface area contributed by atoms with Crippen molar-refractivity contribution in [2.24, 2.45) is 7.05 Å². The molecule has 168 valence electrons. The van der Waals surface area contributed by atoms with Crippen molar-refractivity contribution in [3.63, 3.8) is 0 Å². The first-order valence-corrected chi connectivity index (χ1v) is 12.5. The highest BCUT2D eigenvalue weighted by atomic mass is 32.2. The number of sulfonamides is 1. The van der Waals surface area contributed by atoms with Crippen LogP contribution in [0.2, 0.25) is 0 Å².